The fraction of sp³-hybridized carbons (Fsp3) is 0.467. The number of hydrogen-bond acceptors (Lipinski definition) is 5. The summed E-state index contributed by atoms with van der Waals surface area (Å²) in [5.41, 5.74) is 6.06. The maximum Gasteiger partial charge on any atom is 0.227 e. The van der Waals surface area contributed by atoms with Crippen LogP contribution in [0.4, 0.5) is 0 Å². The maximum absolute atomic E-state index is 5.97. The smallest absolute Gasteiger partial charge is 0.227 e. The highest BCUT2D eigenvalue weighted by atomic mass is 35.5. The maximum atomic E-state index is 5.97. The third kappa shape index (κ3) is 3.59. The molecule has 3 rings (SSSR count). The predicted octanol–water partition coefficient (Wildman–Crippen LogP) is 3.69. The van der Waals surface area contributed by atoms with Gasteiger partial charge in [-0.15, -0.1) is 11.8 Å². The zero-order valence-corrected chi connectivity index (χ0v) is 13.3. The molecule has 2 N–H and O–H groups in total. The van der Waals surface area contributed by atoms with Gasteiger partial charge in [0.25, 0.3) is 0 Å². The molecule has 0 atom stereocenters. The van der Waals surface area contributed by atoms with Crippen LogP contribution in [0.1, 0.15) is 31.0 Å². The summed E-state index contributed by atoms with van der Waals surface area (Å²) in [5, 5.41) is 4.79. The molecule has 0 unspecified atom stereocenters. The first-order chi connectivity index (χ1) is 10.2. The third-order valence-electron chi connectivity index (χ3n) is 4.05. The van der Waals surface area contributed by atoms with Gasteiger partial charge in [-0.2, -0.15) is 4.98 Å². The highest BCUT2D eigenvalue weighted by Gasteiger charge is 2.37. The molecule has 6 heteroatoms. The molecule has 1 aromatic heterocycles. The van der Waals surface area contributed by atoms with Gasteiger partial charge in [-0.3, -0.25) is 0 Å². The Morgan fingerprint density at radius 2 is 2.24 bits per heavy atom. The molecule has 1 fully saturated rings. The molecule has 0 spiro atoms. The van der Waals surface area contributed by atoms with Crippen molar-refractivity contribution < 1.29 is 4.52 Å². The van der Waals surface area contributed by atoms with E-state index in [0.29, 0.717) is 18.2 Å². The first kappa shape index (κ1) is 14.9. The van der Waals surface area contributed by atoms with Crippen molar-refractivity contribution in [1.29, 1.82) is 0 Å². The van der Waals surface area contributed by atoms with Gasteiger partial charge in [0.2, 0.25) is 5.89 Å². The molecule has 1 saturated carbocycles. The number of benzene rings is 1. The molecule has 0 bridgehead atoms. The summed E-state index contributed by atoms with van der Waals surface area (Å²) in [6, 6.07) is 7.76. The SMILES string of the molecule is NCC1(Cc2nc(CSc3cccc(Cl)c3)no2)CCC1. The van der Waals surface area contributed by atoms with E-state index in [1.807, 2.05) is 24.3 Å². The minimum absolute atomic E-state index is 0.198. The van der Waals surface area contributed by atoms with Crippen molar-refractivity contribution >= 4 is 23.4 Å². The van der Waals surface area contributed by atoms with E-state index in [4.69, 9.17) is 21.9 Å². The zero-order valence-electron chi connectivity index (χ0n) is 11.7. The van der Waals surface area contributed by atoms with Crippen molar-refractivity contribution in [3.8, 4) is 0 Å². The number of rotatable bonds is 6. The average molecular weight is 324 g/mol. The van der Waals surface area contributed by atoms with E-state index in [1.165, 1.54) is 19.3 Å². The number of nitrogens with two attached hydrogens (primary N) is 1. The normalized spacial score (nSPS) is 16.7. The minimum atomic E-state index is 0.198. The van der Waals surface area contributed by atoms with Crippen LogP contribution in [0, 0.1) is 5.41 Å². The van der Waals surface area contributed by atoms with Crippen LogP contribution in [0.25, 0.3) is 0 Å². The molecule has 1 aliphatic carbocycles. The lowest BCUT2D eigenvalue weighted by atomic mass is 9.67. The molecule has 0 aliphatic heterocycles. The van der Waals surface area contributed by atoms with Crippen LogP contribution in [0.15, 0.2) is 33.7 Å². The molecule has 2 aromatic rings. The lowest BCUT2D eigenvalue weighted by Crippen LogP contribution is -2.39. The average Bonchev–Trinajstić information content (AvgIpc) is 2.88. The third-order valence-corrected chi connectivity index (χ3v) is 5.27. The van der Waals surface area contributed by atoms with Crippen molar-refractivity contribution in [2.75, 3.05) is 6.54 Å². The summed E-state index contributed by atoms with van der Waals surface area (Å²) in [6.07, 6.45) is 4.39. The van der Waals surface area contributed by atoms with Crippen molar-refractivity contribution in [3.63, 3.8) is 0 Å². The molecule has 0 amide bonds. The monoisotopic (exact) mass is 323 g/mol. The van der Waals surface area contributed by atoms with Gasteiger partial charge < -0.3 is 10.3 Å². The van der Waals surface area contributed by atoms with E-state index in [2.05, 4.69) is 10.1 Å². The fourth-order valence-corrected chi connectivity index (χ4v) is 3.63. The molecular formula is C15H18ClN3OS. The van der Waals surface area contributed by atoms with E-state index in [-0.39, 0.29) is 5.41 Å². The Hall–Kier alpha value is -1.04. The number of aromatic nitrogens is 2. The van der Waals surface area contributed by atoms with Crippen LogP contribution in [0.3, 0.4) is 0 Å². The molecule has 1 aliphatic rings. The van der Waals surface area contributed by atoms with Crippen LogP contribution in [-0.4, -0.2) is 16.7 Å². The van der Waals surface area contributed by atoms with Gasteiger partial charge in [-0.25, -0.2) is 0 Å². The van der Waals surface area contributed by atoms with Crippen molar-refractivity contribution in [2.45, 2.75) is 36.3 Å². The Morgan fingerprint density at radius 3 is 2.90 bits per heavy atom. The van der Waals surface area contributed by atoms with E-state index in [1.54, 1.807) is 11.8 Å². The first-order valence-corrected chi connectivity index (χ1v) is 8.45. The van der Waals surface area contributed by atoms with Crippen LogP contribution >= 0.6 is 23.4 Å². The van der Waals surface area contributed by atoms with Gasteiger partial charge in [-0.05, 0) is 43.0 Å². The predicted molar refractivity (Wildman–Crippen MR) is 84.4 cm³/mol. The van der Waals surface area contributed by atoms with E-state index in [9.17, 15) is 0 Å². The summed E-state index contributed by atoms with van der Waals surface area (Å²) in [6.45, 7) is 0.696. The molecule has 21 heavy (non-hydrogen) atoms. The van der Waals surface area contributed by atoms with Gasteiger partial charge in [-0.1, -0.05) is 29.2 Å². The Morgan fingerprint density at radius 1 is 1.38 bits per heavy atom. The molecular weight excluding hydrogens is 306 g/mol. The Balaban J connectivity index is 1.58. The van der Waals surface area contributed by atoms with Gasteiger partial charge >= 0.3 is 0 Å². The second kappa shape index (κ2) is 6.38. The van der Waals surface area contributed by atoms with E-state index in [0.717, 1.165) is 22.2 Å². The summed E-state index contributed by atoms with van der Waals surface area (Å²) in [4.78, 5) is 5.58. The number of nitrogens with zero attached hydrogens (tertiary/aromatic N) is 2. The fourth-order valence-electron chi connectivity index (χ4n) is 2.58. The molecule has 1 heterocycles. The summed E-state index contributed by atoms with van der Waals surface area (Å²) < 4.78 is 5.35. The van der Waals surface area contributed by atoms with Crippen LogP contribution in [0.5, 0.6) is 0 Å². The number of thioether (sulfide) groups is 1. The summed E-state index contributed by atoms with van der Waals surface area (Å²) in [7, 11) is 0. The molecule has 1 aromatic carbocycles. The lowest BCUT2D eigenvalue weighted by molar-refractivity contribution is 0.129. The van der Waals surface area contributed by atoms with Crippen LogP contribution < -0.4 is 5.73 Å². The van der Waals surface area contributed by atoms with Gasteiger partial charge in [0.15, 0.2) is 5.82 Å². The highest BCUT2D eigenvalue weighted by Crippen LogP contribution is 2.42. The van der Waals surface area contributed by atoms with Gasteiger partial charge in [0.05, 0.1) is 5.75 Å². The van der Waals surface area contributed by atoms with Crippen molar-refractivity contribution in [3.05, 3.63) is 41.0 Å². The van der Waals surface area contributed by atoms with E-state index >= 15 is 0 Å². The summed E-state index contributed by atoms with van der Waals surface area (Å²) in [5.74, 6) is 2.11. The van der Waals surface area contributed by atoms with E-state index < -0.39 is 0 Å². The zero-order chi connectivity index (χ0) is 14.7. The standard InChI is InChI=1S/C15H18ClN3OS/c16-11-3-1-4-12(7-11)21-9-13-18-14(20-19-13)8-15(10-17)5-2-6-15/h1,3-4,7H,2,5-6,8-10,17H2. The van der Waals surface area contributed by atoms with Crippen molar-refractivity contribution in [2.24, 2.45) is 11.1 Å². The van der Waals surface area contributed by atoms with Gasteiger partial charge in [0, 0.05) is 16.3 Å². The van der Waals surface area contributed by atoms with Crippen molar-refractivity contribution in [1.82, 2.24) is 10.1 Å². The quantitative estimate of drug-likeness (QED) is 0.821. The molecule has 0 radical (unpaired) electrons. The Bertz CT molecular complexity index is 607. The molecule has 112 valence electrons. The topological polar surface area (TPSA) is 64.9 Å². The van der Waals surface area contributed by atoms with Crippen LogP contribution in [-0.2, 0) is 12.2 Å². The number of halogens is 1. The lowest BCUT2D eigenvalue weighted by Gasteiger charge is -2.39. The number of hydrogen-bond donors (Lipinski definition) is 1. The van der Waals surface area contributed by atoms with Crippen LogP contribution in [0.2, 0.25) is 5.02 Å². The Labute approximate surface area is 133 Å². The second-order valence-corrected chi connectivity index (χ2v) is 7.07. The molecule has 4 nitrogen and oxygen atoms in total. The first-order valence-electron chi connectivity index (χ1n) is 7.09. The van der Waals surface area contributed by atoms with Gasteiger partial charge in [0.1, 0.15) is 0 Å². The Kier molecular flexibility index (Phi) is 4.52. The minimum Gasteiger partial charge on any atom is -0.339 e. The second-order valence-electron chi connectivity index (χ2n) is 5.58. The molecule has 0 saturated heterocycles. The largest absolute Gasteiger partial charge is 0.339 e. The highest BCUT2D eigenvalue weighted by molar-refractivity contribution is 7.98. The summed E-state index contributed by atoms with van der Waals surface area (Å²) >= 11 is 7.62.